The average molecular weight is 416 g/mol. The summed E-state index contributed by atoms with van der Waals surface area (Å²) in [7, 11) is -3.59. The Morgan fingerprint density at radius 1 is 1.33 bits per heavy atom. The number of ether oxygens (including phenoxy) is 2. The lowest BCUT2D eigenvalue weighted by molar-refractivity contribution is -0.165. The minimum Gasteiger partial charge on any atom is -0.444 e. The predicted octanol–water partition coefficient (Wildman–Crippen LogP) is 2.03. The van der Waals surface area contributed by atoms with E-state index in [2.05, 4.69) is 4.98 Å². The van der Waals surface area contributed by atoms with E-state index in [4.69, 9.17) is 9.47 Å². The Morgan fingerprint density at radius 3 is 2.67 bits per heavy atom. The smallest absolute Gasteiger partial charge is 0.410 e. The Labute approximate surface area is 163 Å². The van der Waals surface area contributed by atoms with Crippen LogP contribution < -0.4 is 0 Å². The molecule has 0 aromatic carbocycles. The molecule has 3 heterocycles. The Morgan fingerprint density at radius 2 is 2.04 bits per heavy atom. The van der Waals surface area contributed by atoms with Gasteiger partial charge in [0.25, 0.3) is 10.0 Å². The fourth-order valence-corrected chi connectivity index (χ4v) is 6.32. The van der Waals surface area contributed by atoms with Crippen molar-refractivity contribution >= 4 is 27.5 Å². The topological polar surface area (TPSA) is 89.0 Å². The summed E-state index contributed by atoms with van der Waals surface area (Å²) in [6, 6.07) is 0. The van der Waals surface area contributed by atoms with Crippen molar-refractivity contribution < 1.29 is 22.7 Å². The minimum atomic E-state index is -3.59. The van der Waals surface area contributed by atoms with E-state index < -0.39 is 27.3 Å². The highest BCUT2D eigenvalue weighted by Crippen LogP contribution is 2.43. The van der Waals surface area contributed by atoms with Gasteiger partial charge in [-0.2, -0.15) is 4.31 Å². The number of likely N-dealkylation sites (tertiary alicyclic amines) is 1. The van der Waals surface area contributed by atoms with Gasteiger partial charge in [-0.15, -0.1) is 11.3 Å². The monoisotopic (exact) mass is 415 g/mol. The Kier molecular flexibility index (Phi) is 4.53. The van der Waals surface area contributed by atoms with Gasteiger partial charge in [-0.25, -0.2) is 18.2 Å². The average Bonchev–Trinajstić information content (AvgIpc) is 3.27. The second kappa shape index (κ2) is 6.40. The summed E-state index contributed by atoms with van der Waals surface area (Å²) in [5.41, 5.74) is -1.21. The molecule has 1 amide bonds. The molecule has 2 aliphatic heterocycles. The SMILES string of the molecule is CC(C)(C)OC(=O)N1CC2(C1)CN(S(=O)(=O)c1cnc(C3CC3)s1)CCO2. The van der Waals surface area contributed by atoms with Crippen LogP contribution in [0.3, 0.4) is 0 Å². The van der Waals surface area contributed by atoms with Crippen LogP contribution in [-0.4, -0.2) is 72.7 Å². The maximum Gasteiger partial charge on any atom is 0.410 e. The van der Waals surface area contributed by atoms with Gasteiger partial charge in [-0.3, -0.25) is 0 Å². The summed E-state index contributed by atoms with van der Waals surface area (Å²) >= 11 is 1.28. The molecule has 27 heavy (non-hydrogen) atoms. The van der Waals surface area contributed by atoms with Crippen molar-refractivity contribution in [2.24, 2.45) is 0 Å². The van der Waals surface area contributed by atoms with Crippen molar-refractivity contribution in [3.05, 3.63) is 11.2 Å². The van der Waals surface area contributed by atoms with Crippen LogP contribution in [0, 0.1) is 0 Å². The first-order valence-electron chi connectivity index (χ1n) is 9.16. The number of amides is 1. The van der Waals surface area contributed by atoms with Crippen LogP contribution in [0.15, 0.2) is 10.4 Å². The van der Waals surface area contributed by atoms with Gasteiger partial charge in [0.15, 0.2) is 4.21 Å². The summed E-state index contributed by atoms with van der Waals surface area (Å²) in [5.74, 6) is 0.434. The molecule has 1 aromatic rings. The van der Waals surface area contributed by atoms with E-state index in [1.165, 1.54) is 21.8 Å². The molecular weight excluding hydrogens is 390 g/mol. The van der Waals surface area contributed by atoms with Crippen molar-refractivity contribution in [1.82, 2.24) is 14.2 Å². The summed E-state index contributed by atoms with van der Waals surface area (Å²) in [6.45, 7) is 6.99. The number of rotatable bonds is 3. The molecule has 2 saturated heterocycles. The highest BCUT2D eigenvalue weighted by molar-refractivity contribution is 7.91. The van der Waals surface area contributed by atoms with E-state index in [1.807, 2.05) is 20.8 Å². The second-order valence-corrected chi connectivity index (χ2v) is 11.7. The largest absolute Gasteiger partial charge is 0.444 e. The van der Waals surface area contributed by atoms with E-state index in [-0.39, 0.29) is 6.54 Å². The predicted molar refractivity (Wildman–Crippen MR) is 99.3 cm³/mol. The number of carbonyl (C=O) groups excluding carboxylic acids is 1. The zero-order chi connectivity index (χ0) is 19.4. The standard InChI is InChI=1S/C17H25N3O5S2/c1-16(2,3)25-15(21)19-9-17(10-19)11-20(6-7-24-17)27(22,23)13-8-18-14(26-13)12-4-5-12/h8,12H,4-7,9-11H2,1-3H3. The van der Waals surface area contributed by atoms with Crippen LogP contribution in [-0.2, 0) is 19.5 Å². The molecule has 0 radical (unpaired) electrons. The molecule has 4 rings (SSSR count). The van der Waals surface area contributed by atoms with Gasteiger partial charge in [-0.05, 0) is 33.6 Å². The quantitative estimate of drug-likeness (QED) is 0.750. The molecule has 1 spiro atoms. The number of hydrogen-bond donors (Lipinski definition) is 0. The molecule has 0 atom stereocenters. The van der Waals surface area contributed by atoms with E-state index in [0.717, 1.165) is 17.8 Å². The third kappa shape index (κ3) is 3.85. The van der Waals surface area contributed by atoms with E-state index in [1.54, 1.807) is 4.90 Å². The third-order valence-corrected chi connectivity index (χ3v) is 8.29. The molecular formula is C17H25N3O5S2. The lowest BCUT2D eigenvalue weighted by atomic mass is 9.93. The van der Waals surface area contributed by atoms with E-state index in [9.17, 15) is 13.2 Å². The van der Waals surface area contributed by atoms with Crippen LogP contribution in [0.25, 0.3) is 0 Å². The zero-order valence-corrected chi connectivity index (χ0v) is 17.4. The van der Waals surface area contributed by atoms with E-state index in [0.29, 0.717) is 36.4 Å². The number of morpholine rings is 1. The number of nitrogens with zero attached hydrogens (tertiary/aromatic N) is 3. The molecule has 3 aliphatic rings. The Hall–Kier alpha value is -1.23. The van der Waals surface area contributed by atoms with Crippen molar-refractivity contribution in [1.29, 1.82) is 0 Å². The van der Waals surface area contributed by atoms with Gasteiger partial charge in [0.1, 0.15) is 11.2 Å². The fraction of sp³-hybridized carbons (Fsp3) is 0.765. The van der Waals surface area contributed by atoms with Crippen molar-refractivity contribution in [3.8, 4) is 0 Å². The van der Waals surface area contributed by atoms with Gasteiger partial charge in [0.05, 0.1) is 30.9 Å². The van der Waals surface area contributed by atoms with Gasteiger partial charge in [-0.1, -0.05) is 0 Å². The molecule has 150 valence electrons. The highest BCUT2D eigenvalue weighted by atomic mass is 32.2. The number of hydrogen-bond acceptors (Lipinski definition) is 7. The Bertz CT molecular complexity index is 835. The van der Waals surface area contributed by atoms with Crippen LogP contribution >= 0.6 is 11.3 Å². The lowest BCUT2D eigenvalue weighted by Crippen LogP contribution is -2.71. The van der Waals surface area contributed by atoms with Crippen LogP contribution in [0.5, 0.6) is 0 Å². The molecule has 0 N–H and O–H groups in total. The summed E-state index contributed by atoms with van der Waals surface area (Å²) in [6.07, 6.45) is 3.26. The molecule has 0 bridgehead atoms. The van der Waals surface area contributed by atoms with E-state index >= 15 is 0 Å². The first kappa shape index (κ1) is 19.1. The number of sulfonamides is 1. The first-order chi connectivity index (χ1) is 12.6. The second-order valence-electron chi connectivity index (χ2n) is 8.50. The number of carbonyl (C=O) groups is 1. The maximum absolute atomic E-state index is 13.0. The minimum absolute atomic E-state index is 0.241. The summed E-state index contributed by atoms with van der Waals surface area (Å²) in [5, 5.41) is 0.913. The fourth-order valence-electron chi connectivity index (χ4n) is 3.35. The third-order valence-electron chi connectivity index (χ3n) is 4.85. The van der Waals surface area contributed by atoms with Crippen LogP contribution in [0.2, 0.25) is 0 Å². The summed E-state index contributed by atoms with van der Waals surface area (Å²) < 4.78 is 39.0. The summed E-state index contributed by atoms with van der Waals surface area (Å²) in [4.78, 5) is 18.0. The van der Waals surface area contributed by atoms with Crippen LogP contribution in [0.4, 0.5) is 4.79 Å². The highest BCUT2D eigenvalue weighted by Gasteiger charge is 2.52. The number of aromatic nitrogens is 1. The van der Waals surface area contributed by atoms with Gasteiger partial charge < -0.3 is 14.4 Å². The Balaban J connectivity index is 1.42. The zero-order valence-electron chi connectivity index (χ0n) is 15.8. The number of thiazole rings is 1. The molecule has 1 saturated carbocycles. The lowest BCUT2D eigenvalue weighted by Gasteiger charge is -2.52. The normalized spacial score (nSPS) is 23.3. The van der Waals surface area contributed by atoms with Crippen LogP contribution in [0.1, 0.15) is 44.5 Å². The van der Waals surface area contributed by atoms with Crippen molar-refractivity contribution in [3.63, 3.8) is 0 Å². The van der Waals surface area contributed by atoms with Crippen molar-refractivity contribution in [2.75, 3.05) is 32.8 Å². The molecule has 3 fully saturated rings. The van der Waals surface area contributed by atoms with Gasteiger partial charge >= 0.3 is 6.09 Å². The van der Waals surface area contributed by atoms with Gasteiger partial charge in [0.2, 0.25) is 0 Å². The molecule has 0 unspecified atom stereocenters. The van der Waals surface area contributed by atoms with Crippen molar-refractivity contribution in [2.45, 2.75) is 54.9 Å². The molecule has 1 aliphatic carbocycles. The molecule has 10 heteroatoms. The maximum atomic E-state index is 13.0. The molecule has 1 aromatic heterocycles. The molecule has 8 nitrogen and oxygen atoms in total. The van der Waals surface area contributed by atoms with Gasteiger partial charge in [0, 0.05) is 19.0 Å². The first-order valence-corrected chi connectivity index (χ1v) is 11.4.